The highest BCUT2D eigenvalue weighted by Crippen LogP contribution is 2.27. The van der Waals surface area contributed by atoms with Crippen LogP contribution >= 0.6 is 0 Å². The van der Waals surface area contributed by atoms with Gasteiger partial charge in [-0.1, -0.05) is 24.6 Å². The number of benzene rings is 1. The van der Waals surface area contributed by atoms with Crippen molar-refractivity contribution in [1.29, 1.82) is 0 Å². The summed E-state index contributed by atoms with van der Waals surface area (Å²) in [6, 6.07) is 7.51. The maximum atomic E-state index is 13.7. The first-order valence-electron chi connectivity index (χ1n) is 7.98. The number of hydrogen-bond acceptors (Lipinski definition) is 2. The van der Waals surface area contributed by atoms with Crippen molar-refractivity contribution in [3.8, 4) is 0 Å². The molecule has 0 spiro atoms. The Bertz CT molecular complexity index is 505. The molecule has 2 aliphatic heterocycles. The smallest absolute Gasteiger partial charge is 0.220 e. The molecule has 2 aliphatic rings. The first-order chi connectivity index (χ1) is 10.2. The van der Waals surface area contributed by atoms with Crippen LogP contribution in [0.5, 0.6) is 0 Å². The first-order valence-corrected chi connectivity index (χ1v) is 7.98. The van der Waals surface area contributed by atoms with Gasteiger partial charge in [-0.15, -0.1) is 0 Å². The zero-order valence-electron chi connectivity index (χ0n) is 12.4. The van der Waals surface area contributed by atoms with Gasteiger partial charge in [0.2, 0.25) is 5.91 Å². The summed E-state index contributed by atoms with van der Waals surface area (Å²) in [4.78, 5) is 13.9. The van der Waals surface area contributed by atoms with Gasteiger partial charge >= 0.3 is 0 Å². The maximum Gasteiger partial charge on any atom is 0.220 e. The molecule has 114 valence electrons. The van der Waals surface area contributed by atoms with Crippen molar-refractivity contribution in [3.63, 3.8) is 0 Å². The van der Waals surface area contributed by atoms with Gasteiger partial charge in [-0.25, -0.2) is 4.39 Å². The molecule has 0 unspecified atom stereocenters. The molecule has 4 heteroatoms. The molecule has 1 aromatic rings. The van der Waals surface area contributed by atoms with Crippen LogP contribution in [0.2, 0.25) is 0 Å². The van der Waals surface area contributed by atoms with Gasteiger partial charge < -0.3 is 5.32 Å². The van der Waals surface area contributed by atoms with Gasteiger partial charge in [-0.3, -0.25) is 9.69 Å². The van der Waals surface area contributed by atoms with Crippen molar-refractivity contribution < 1.29 is 9.18 Å². The van der Waals surface area contributed by atoms with Crippen molar-refractivity contribution in [2.45, 2.75) is 38.1 Å². The Labute approximate surface area is 125 Å². The topological polar surface area (TPSA) is 32.3 Å². The van der Waals surface area contributed by atoms with Gasteiger partial charge in [0, 0.05) is 31.5 Å². The summed E-state index contributed by atoms with van der Waals surface area (Å²) in [5.41, 5.74) is 0.794. The SMILES string of the molecule is O=C1C[C@@H]([C@H]2CCCCN2CCc2ccccc2F)CN1. The van der Waals surface area contributed by atoms with Crippen LogP contribution in [0.3, 0.4) is 0 Å². The summed E-state index contributed by atoms with van der Waals surface area (Å²) in [6.45, 7) is 2.76. The Morgan fingerprint density at radius 1 is 1.29 bits per heavy atom. The van der Waals surface area contributed by atoms with Crippen LogP contribution in [0.25, 0.3) is 0 Å². The zero-order valence-corrected chi connectivity index (χ0v) is 12.4. The van der Waals surface area contributed by atoms with E-state index < -0.39 is 0 Å². The van der Waals surface area contributed by atoms with Crippen molar-refractivity contribution in [3.05, 3.63) is 35.6 Å². The number of piperidine rings is 1. The maximum absolute atomic E-state index is 13.7. The number of halogens is 1. The second-order valence-electron chi connectivity index (χ2n) is 6.21. The Morgan fingerprint density at radius 2 is 2.14 bits per heavy atom. The predicted molar refractivity (Wildman–Crippen MR) is 80.4 cm³/mol. The minimum Gasteiger partial charge on any atom is -0.356 e. The molecule has 3 rings (SSSR count). The van der Waals surface area contributed by atoms with Crippen molar-refractivity contribution >= 4 is 5.91 Å². The zero-order chi connectivity index (χ0) is 14.7. The highest BCUT2D eigenvalue weighted by molar-refractivity contribution is 5.78. The van der Waals surface area contributed by atoms with Crippen LogP contribution in [0.1, 0.15) is 31.2 Å². The summed E-state index contributed by atoms with van der Waals surface area (Å²) >= 11 is 0. The Morgan fingerprint density at radius 3 is 2.90 bits per heavy atom. The van der Waals surface area contributed by atoms with E-state index in [4.69, 9.17) is 0 Å². The lowest BCUT2D eigenvalue weighted by atomic mass is 9.89. The Balaban J connectivity index is 1.62. The van der Waals surface area contributed by atoms with E-state index in [2.05, 4.69) is 10.2 Å². The summed E-state index contributed by atoms with van der Waals surface area (Å²) in [6.07, 6.45) is 5.02. The largest absolute Gasteiger partial charge is 0.356 e. The number of rotatable bonds is 4. The molecule has 2 atom stereocenters. The van der Waals surface area contributed by atoms with E-state index in [9.17, 15) is 9.18 Å². The Hall–Kier alpha value is -1.42. The van der Waals surface area contributed by atoms with Gasteiger partial charge in [0.1, 0.15) is 5.82 Å². The lowest BCUT2D eigenvalue weighted by Gasteiger charge is -2.38. The second kappa shape index (κ2) is 6.56. The third-order valence-corrected chi connectivity index (χ3v) is 4.84. The standard InChI is InChI=1S/C17H23FN2O/c18-15-6-2-1-5-13(15)8-10-20-9-4-3-7-16(20)14-11-17(21)19-12-14/h1-2,5-6,14,16H,3-4,7-12H2,(H,19,21)/t14-,16-/m1/s1. The van der Waals surface area contributed by atoms with E-state index in [0.29, 0.717) is 18.4 Å². The fraction of sp³-hybridized carbons (Fsp3) is 0.588. The van der Waals surface area contributed by atoms with Crippen molar-refractivity contribution in [1.82, 2.24) is 10.2 Å². The summed E-state index contributed by atoms with van der Waals surface area (Å²) < 4.78 is 13.7. The highest BCUT2D eigenvalue weighted by Gasteiger charge is 2.34. The normalized spacial score (nSPS) is 26.8. The van der Waals surface area contributed by atoms with Gasteiger partial charge in [0.25, 0.3) is 0 Å². The first kappa shape index (κ1) is 14.5. The van der Waals surface area contributed by atoms with E-state index in [0.717, 1.165) is 38.0 Å². The number of carbonyl (C=O) groups excluding carboxylic acids is 1. The predicted octanol–water partition coefficient (Wildman–Crippen LogP) is 2.36. The van der Waals surface area contributed by atoms with Gasteiger partial charge in [-0.2, -0.15) is 0 Å². The molecule has 2 heterocycles. The molecule has 21 heavy (non-hydrogen) atoms. The number of nitrogens with one attached hydrogen (secondary N) is 1. The highest BCUT2D eigenvalue weighted by atomic mass is 19.1. The number of hydrogen-bond donors (Lipinski definition) is 1. The fourth-order valence-corrected chi connectivity index (χ4v) is 3.69. The minimum absolute atomic E-state index is 0.108. The molecule has 0 saturated carbocycles. The fourth-order valence-electron chi connectivity index (χ4n) is 3.69. The molecule has 2 fully saturated rings. The van der Waals surface area contributed by atoms with E-state index in [1.54, 1.807) is 6.07 Å². The van der Waals surface area contributed by atoms with Crippen LogP contribution in [0, 0.1) is 11.7 Å². The van der Waals surface area contributed by atoms with E-state index >= 15 is 0 Å². The molecule has 0 aliphatic carbocycles. The van der Waals surface area contributed by atoms with Gasteiger partial charge in [0.05, 0.1) is 0 Å². The lowest BCUT2D eigenvalue weighted by molar-refractivity contribution is -0.119. The van der Waals surface area contributed by atoms with Gasteiger partial charge in [-0.05, 0) is 37.4 Å². The molecular weight excluding hydrogens is 267 g/mol. The summed E-state index contributed by atoms with van der Waals surface area (Å²) in [5, 5.41) is 2.94. The number of nitrogens with zero attached hydrogens (tertiary/aromatic N) is 1. The van der Waals surface area contributed by atoms with Gasteiger partial charge in [0.15, 0.2) is 0 Å². The molecule has 0 bridgehead atoms. The lowest BCUT2D eigenvalue weighted by Crippen LogP contribution is -2.45. The van der Waals surface area contributed by atoms with Crippen LogP contribution in [0.15, 0.2) is 24.3 Å². The molecule has 1 aromatic carbocycles. The number of carbonyl (C=O) groups is 1. The third kappa shape index (κ3) is 3.43. The van der Waals surface area contributed by atoms with Crippen LogP contribution in [-0.2, 0) is 11.2 Å². The Kier molecular flexibility index (Phi) is 4.54. The van der Waals surface area contributed by atoms with Crippen LogP contribution in [0.4, 0.5) is 4.39 Å². The molecule has 0 aromatic heterocycles. The average molecular weight is 290 g/mol. The molecule has 1 N–H and O–H groups in total. The monoisotopic (exact) mass is 290 g/mol. The average Bonchev–Trinajstić information content (AvgIpc) is 2.93. The van der Waals surface area contributed by atoms with E-state index in [-0.39, 0.29) is 11.7 Å². The summed E-state index contributed by atoms with van der Waals surface area (Å²) in [7, 11) is 0. The second-order valence-corrected chi connectivity index (χ2v) is 6.21. The molecule has 0 radical (unpaired) electrons. The van der Waals surface area contributed by atoms with Crippen molar-refractivity contribution in [2.75, 3.05) is 19.6 Å². The van der Waals surface area contributed by atoms with E-state index in [1.165, 1.54) is 18.9 Å². The molecule has 2 saturated heterocycles. The third-order valence-electron chi connectivity index (χ3n) is 4.84. The number of amides is 1. The quantitative estimate of drug-likeness (QED) is 0.923. The molecule has 1 amide bonds. The molecule has 3 nitrogen and oxygen atoms in total. The van der Waals surface area contributed by atoms with E-state index in [1.807, 2.05) is 12.1 Å². The minimum atomic E-state index is -0.108. The molecular formula is C17H23FN2O. The van der Waals surface area contributed by atoms with Crippen molar-refractivity contribution in [2.24, 2.45) is 5.92 Å². The number of likely N-dealkylation sites (tertiary alicyclic amines) is 1. The van der Waals surface area contributed by atoms with Crippen LogP contribution in [-0.4, -0.2) is 36.5 Å². The summed E-state index contributed by atoms with van der Waals surface area (Å²) in [5.74, 6) is 0.502. The van der Waals surface area contributed by atoms with Crippen LogP contribution < -0.4 is 5.32 Å².